The molecule has 0 aliphatic heterocycles. The highest BCUT2D eigenvalue weighted by Gasteiger charge is 2.45. The minimum absolute atomic E-state index is 0.107. The van der Waals surface area contributed by atoms with Crippen molar-refractivity contribution in [2.75, 3.05) is 39.2 Å². The van der Waals surface area contributed by atoms with Gasteiger partial charge in [-0.25, -0.2) is 17.8 Å². The molecule has 0 heterocycles. The Bertz CT molecular complexity index is 1380. The summed E-state index contributed by atoms with van der Waals surface area (Å²) < 4.78 is 75.6. The third-order valence-corrected chi connectivity index (χ3v) is 13.1. The van der Waals surface area contributed by atoms with Gasteiger partial charge in [-0.1, -0.05) is 121 Å². The SMILES string of the molecule is O=P(CCO)(OP(=O)(OCCc1ccccc1)OCCc1ccccc1)OP(=O)(OCCc1ccccc1)OCCc1ccccc1. The number of phosphoric ester groups is 2. The second kappa shape index (κ2) is 19.3. The summed E-state index contributed by atoms with van der Waals surface area (Å²) in [4.78, 5) is 0. The van der Waals surface area contributed by atoms with Gasteiger partial charge in [-0.2, -0.15) is 0 Å². The fraction of sp³-hybridized carbons (Fsp3) is 0.294. The minimum atomic E-state index is -4.69. The predicted molar refractivity (Wildman–Crippen MR) is 181 cm³/mol. The van der Waals surface area contributed by atoms with E-state index in [4.69, 9.17) is 26.7 Å². The van der Waals surface area contributed by atoms with Gasteiger partial charge in [0.15, 0.2) is 0 Å². The first-order valence-corrected chi connectivity index (χ1v) is 20.0. The first-order chi connectivity index (χ1) is 22.8. The van der Waals surface area contributed by atoms with Gasteiger partial charge in [0, 0.05) is 0 Å². The van der Waals surface area contributed by atoms with Crippen LogP contribution in [0.3, 0.4) is 0 Å². The van der Waals surface area contributed by atoms with Crippen LogP contribution in [-0.4, -0.2) is 44.3 Å². The molecule has 0 radical (unpaired) electrons. The number of phosphoric acid groups is 2. The van der Waals surface area contributed by atoms with Gasteiger partial charge in [-0.3, -0.25) is 22.7 Å². The molecular weight excluding hydrogens is 661 g/mol. The van der Waals surface area contributed by atoms with Gasteiger partial charge in [0.05, 0.1) is 39.2 Å². The molecule has 4 rings (SSSR count). The molecule has 0 saturated heterocycles. The number of benzene rings is 4. The van der Waals surface area contributed by atoms with Crippen LogP contribution in [0.25, 0.3) is 0 Å². The highest BCUT2D eigenvalue weighted by Crippen LogP contribution is 2.72. The van der Waals surface area contributed by atoms with Crippen LogP contribution in [0.5, 0.6) is 0 Å². The largest absolute Gasteiger partial charge is 0.482 e. The van der Waals surface area contributed by atoms with Crippen molar-refractivity contribution in [1.82, 2.24) is 0 Å². The number of aliphatic hydroxyl groups excluding tert-OH is 1. The maximum absolute atomic E-state index is 14.1. The van der Waals surface area contributed by atoms with Crippen LogP contribution in [0.15, 0.2) is 121 Å². The maximum Gasteiger partial charge on any atom is 0.482 e. The molecule has 0 bridgehead atoms. The molecule has 13 heteroatoms. The Hall–Kier alpha value is -2.71. The molecule has 0 saturated carbocycles. The average molecular weight is 703 g/mol. The van der Waals surface area contributed by atoms with Crippen molar-refractivity contribution in [3.63, 3.8) is 0 Å². The highest BCUT2D eigenvalue weighted by atomic mass is 31.3. The van der Waals surface area contributed by atoms with Crippen LogP contribution in [0.2, 0.25) is 0 Å². The molecule has 0 aliphatic carbocycles. The van der Waals surface area contributed by atoms with Crippen molar-refractivity contribution in [2.45, 2.75) is 25.7 Å². The topological polar surface area (TPSA) is 127 Å². The molecule has 47 heavy (non-hydrogen) atoms. The van der Waals surface area contributed by atoms with E-state index in [1.807, 2.05) is 121 Å². The van der Waals surface area contributed by atoms with Gasteiger partial charge >= 0.3 is 23.2 Å². The van der Waals surface area contributed by atoms with E-state index < -0.39 is 36.0 Å². The van der Waals surface area contributed by atoms with Gasteiger partial charge < -0.3 is 5.11 Å². The lowest BCUT2D eigenvalue weighted by molar-refractivity contribution is 0.136. The normalized spacial score (nSPS) is 12.3. The summed E-state index contributed by atoms with van der Waals surface area (Å²) in [5, 5.41) is 9.82. The monoisotopic (exact) mass is 702 g/mol. The van der Waals surface area contributed by atoms with E-state index in [1.165, 1.54) is 0 Å². The smallest absolute Gasteiger partial charge is 0.396 e. The molecule has 0 aromatic heterocycles. The van der Waals surface area contributed by atoms with E-state index in [0.29, 0.717) is 25.7 Å². The fourth-order valence-electron chi connectivity index (χ4n) is 4.37. The Labute approximate surface area is 276 Å². The zero-order valence-corrected chi connectivity index (χ0v) is 28.8. The molecule has 10 nitrogen and oxygen atoms in total. The molecule has 0 fully saturated rings. The van der Waals surface area contributed by atoms with E-state index in [9.17, 15) is 18.8 Å². The molecule has 0 unspecified atom stereocenters. The van der Waals surface area contributed by atoms with E-state index in [-0.39, 0.29) is 26.4 Å². The lowest BCUT2D eigenvalue weighted by Gasteiger charge is -2.26. The number of hydrogen-bond donors (Lipinski definition) is 1. The highest BCUT2D eigenvalue weighted by molar-refractivity contribution is 7.70. The molecule has 252 valence electrons. The van der Waals surface area contributed by atoms with Gasteiger partial charge in [-0.05, 0) is 47.9 Å². The zero-order valence-electron chi connectivity index (χ0n) is 26.1. The van der Waals surface area contributed by atoms with Crippen molar-refractivity contribution in [1.29, 1.82) is 0 Å². The molecule has 0 aliphatic rings. The second-order valence-electron chi connectivity index (χ2n) is 10.4. The number of rotatable bonds is 22. The average Bonchev–Trinajstić information content (AvgIpc) is 3.06. The van der Waals surface area contributed by atoms with E-state index in [2.05, 4.69) is 0 Å². The summed E-state index contributed by atoms with van der Waals surface area (Å²) >= 11 is 0. The van der Waals surface area contributed by atoms with Crippen LogP contribution in [0.4, 0.5) is 0 Å². The third-order valence-electron chi connectivity index (χ3n) is 6.75. The van der Waals surface area contributed by atoms with Gasteiger partial charge in [0.2, 0.25) is 0 Å². The summed E-state index contributed by atoms with van der Waals surface area (Å²) in [6.45, 7) is -1.14. The molecule has 0 amide bonds. The Morgan fingerprint density at radius 3 is 0.915 bits per heavy atom. The van der Waals surface area contributed by atoms with Crippen LogP contribution in [0.1, 0.15) is 22.3 Å². The zero-order chi connectivity index (χ0) is 33.3. The third kappa shape index (κ3) is 13.7. The van der Waals surface area contributed by atoms with E-state index >= 15 is 0 Å². The molecule has 4 aromatic carbocycles. The Balaban J connectivity index is 1.50. The van der Waals surface area contributed by atoms with E-state index in [1.54, 1.807) is 0 Å². The maximum atomic E-state index is 14.1. The lowest BCUT2D eigenvalue weighted by Crippen LogP contribution is -2.10. The molecular formula is C34H41O10P3. The first kappa shape index (κ1) is 37.1. The van der Waals surface area contributed by atoms with Crippen molar-refractivity contribution >= 4 is 23.2 Å². The number of hydrogen-bond acceptors (Lipinski definition) is 10. The van der Waals surface area contributed by atoms with Crippen LogP contribution < -0.4 is 0 Å². The number of aliphatic hydroxyl groups is 1. The van der Waals surface area contributed by atoms with Gasteiger partial charge in [-0.15, -0.1) is 0 Å². The summed E-state index contributed by atoms with van der Waals surface area (Å²) in [6.07, 6.45) is 0.738. The van der Waals surface area contributed by atoms with Crippen LogP contribution in [0, 0.1) is 0 Å². The van der Waals surface area contributed by atoms with Crippen molar-refractivity contribution in [3.8, 4) is 0 Å². The summed E-state index contributed by atoms with van der Waals surface area (Å²) in [6, 6.07) is 37.4. The molecule has 1 N–H and O–H groups in total. The van der Waals surface area contributed by atoms with Crippen LogP contribution >= 0.6 is 23.2 Å². The van der Waals surface area contributed by atoms with Crippen LogP contribution in [-0.2, 0) is 66.1 Å². The predicted octanol–water partition coefficient (Wildman–Crippen LogP) is 8.46. The Kier molecular flexibility index (Phi) is 15.3. The first-order valence-electron chi connectivity index (χ1n) is 15.4. The van der Waals surface area contributed by atoms with Crippen molar-refractivity contribution in [2.24, 2.45) is 0 Å². The fourth-order valence-corrected chi connectivity index (χ4v) is 10.3. The van der Waals surface area contributed by atoms with Crippen molar-refractivity contribution < 1.29 is 45.5 Å². The summed E-state index contributed by atoms with van der Waals surface area (Å²) in [5.74, 6) is 0. The van der Waals surface area contributed by atoms with Gasteiger partial charge in [0.25, 0.3) is 0 Å². The molecule has 0 spiro atoms. The quantitative estimate of drug-likeness (QED) is 0.0797. The summed E-state index contributed by atoms with van der Waals surface area (Å²) in [7, 11) is -13.9. The summed E-state index contributed by atoms with van der Waals surface area (Å²) in [5.41, 5.74) is 3.62. The molecule has 0 atom stereocenters. The minimum Gasteiger partial charge on any atom is -0.396 e. The van der Waals surface area contributed by atoms with Crippen molar-refractivity contribution in [3.05, 3.63) is 144 Å². The molecule has 4 aromatic rings. The standard InChI is InChI=1S/C34H41O10P3/c35-25-30-45(36,43-46(37,39-26-21-31-13-5-1-6-14-31)40-27-22-32-15-7-2-8-16-32)44-47(38,41-28-23-33-17-9-3-10-18-33)42-29-24-34-19-11-4-12-20-34/h1-20,35H,21-30H2. The lowest BCUT2D eigenvalue weighted by atomic mass is 10.2. The van der Waals surface area contributed by atoms with Gasteiger partial charge in [0.1, 0.15) is 0 Å². The Morgan fingerprint density at radius 1 is 0.426 bits per heavy atom. The Morgan fingerprint density at radius 2 is 0.681 bits per heavy atom. The van der Waals surface area contributed by atoms with E-state index in [0.717, 1.165) is 22.3 Å². The second-order valence-corrected chi connectivity index (χ2v) is 16.2.